The van der Waals surface area contributed by atoms with Crippen LogP contribution in [-0.2, 0) is 17.8 Å². The zero-order chi connectivity index (χ0) is 16.8. The molecule has 0 amide bonds. The van der Waals surface area contributed by atoms with Gasteiger partial charge in [-0.3, -0.25) is 9.19 Å². The van der Waals surface area contributed by atoms with E-state index in [4.69, 9.17) is 0 Å². The first-order valence-corrected chi connectivity index (χ1v) is 8.45. The van der Waals surface area contributed by atoms with Crippen molar-refractivity contribution in [3.05, 3.63) is 29.0 Å². The maximum atomic E-state index is 12.9. The summed E-state index contributed by atoms with van der Waals surface area (Å²) in [5.41, 5.74) is 0.426. The molecular weight excluding hydrogens is 327 g/mol. The average Bonchev–Trinajstić information content (AvgIpc) is 2.83. The Hall–Kier alpha value is -1.96. The Morgan fingerprint density at radius 3 is 2.78 bits per heavy atom. The van der Waals surface area contributed by atoms with Crippen LogP contribution in [0.2, 0.25) is 0 Å². The molecule has 0 saturated carbocycles. The highest BCUT2D eigenvalue weighted by molar-refractivity contribution is 7.84. The molecule has 23 heavy (non-hydrogen) atoms. The number of halogens is 3. The molecule has 3 rings (SSSR count). The van der Waals surface area contributed by atoms with Gasteiger partial charge in [0.1, 0.15) is 5.69 Å². The van der Waals surface area contributed by atoms with Gasteiger partial charge in [-0.05, 0) is 24.6 Å². The van der Waals surface area contributed by atoms with Crippen LogP contribution in [0, 0.1) is 5.92 Å². The minimum absolute atomic E-state index is 0.107. The van der Waals surface area contributed by atoms with Gasteiger partial charge in [-0.25, -0.2) is 4.98 Å². The average molecular weight is 341 g/mol. The Morgan fingerprint density at radius 2 is 2.13 bits per heavy atom. The van der Waals surface area contributed by atoms with Gasteiger partial charge in [-0.1, -0.05) is 6.08 Å². The van der Waals surface area contributed by atoms with Crippen molar-refractivity contribution in [2.24, 2.45) is 13.0 Å². The Labute approximate surface area is 132 Å². The SMILES string of the molecule is Cn1c(-c2ncccc2S(C)=O)nc2c1=CCC(C(F)(F)F)C=2. The molecule has 0 N–H and O–H groups in total. The summed E-state index contributed by atoms with van der Waals surface area (Å²) in [4.78, 5) is 9.03. The highest BCUT2D eigenvalue weighted by atomic mass is 32.2. The molecule has 2 atom stereocenters. The number of aromatic nitrogens is 3. The van der Waals surface area contributed by atoms with E-state index < -0.39 is 22.9 Å². The molecule has 2 aromatic heterocycles. The Balaban J connectivity index is 2.20. The van der Waals surface area contributed by atoms with E-state index in [1.54, 1.807) is 29.9 Å². The fourth-order valence-corrected chi connectivity index (χ4v) is 3.31. The van der Waals surface area contributed by atoms with Gasteiger partial charge in [0.05, 0.1) is 32.3 Å². The van der Waals surface area contributed by atoms with Crippen molar-refractivity contribution in [1.82, 2.24) is 14.5 Å². The van der Waals surface area contributed by atoms with Crippen LogP contribution in [0.25, 0.3) is 23.7 Å². The Bertz CT molecular complexity index is 902. The minimum atomic E-state index is -4.28. The van der Waals surface area contributed by atoms with Crippen molar-refractivity contribution in [2.75, 3.05) is 6.26 Å². The first-order chi connectivity index (χ1) is 10.8. The lowest BCUT2D eigenvalue weighted by molar-refractivity contribution is -0.155. The molecule has 2 unspecified atom stereocenters. The zero-order valence-corrected chi connectivity index (χ0v) is 13.3. The maximum absolute atomic E-state index is 12.9. The van der Waals surface area contributed by atoms with Crippen LogP contribution >= 0.6 is 0 Å². The molecular formula is C15H14F3N3OS. The molecule has 0 spiro atoms. The summed E-state index contributed by atoms with van der Waals surface area (Å²) in [5.74, 6) is -1.11. The highest BCUT2D eigenvalue weighted by Gasteiger charge is 2.38. The second kappa shape index (κ2) is 5.59. The normalized spacial score (nSPS) is 18.7. The predicted octanol–water partition coefficient (Wildman–Crippen LogP) is 1.36. The van der Waals surface area contributed by atoms with Gasteiger partial charge in [0.25, 0.3) is 0 Å². The molecule has 122 valence electrons. The van der Waals surface area contributed by atoms with Crippen LogP contribution in [0.4, 0.5) is 13.2 Å². The van der Waals surface area contributed by atoms with Crippen molar-refractivity contribution in [3.8, 4) is 11.5 Å². The summed E-state index contributed by atoms with van der Waals surface area (Å²) < 4.78 is 52.2. The van der Waals surface area contributed by atoms with Gasteiger partial charge in [0.15, 0.2) is 5.82 Å². The molecule has 0 fully saturated rings. The molecule has 0 aliphatic heterocycles. The van der Waals surface area contributed by atoms with E-state index in [2.05, 4.69) is 9.97 Å². The predicted molar refractivity (Wildman–Crippen MR) is 81.1 cm³/mol. The minimum Gasteiger partial charge on any atom is -0.326 e. The lowest BCUT2D eigenvalue weighted by Gasteiger charge is -2.16. The van der Waals surface area contributed by atoms with Crippen LogP contribution in [0.5, 0.6) is 0 Å². The first kappa shape index (κ1) is 15.9. The summed E-state index contributed by atoms with van der Waals surface area (Å²) in [7, 11) is 0.447. The lowest BCUT2D eigenvalue weighted by atomic mass is 10.0. The standard InChI is InChI=1S/C15H14F3N3OS/c1-21-11-6-5-9(15(16,17)18)8-10(11)20-14(21)13-12(23(2)22)4-3-7-19-13/h3-4,6-9H,5H2,1-2H3. The Morgan fingerprint density at radius 1 is 1.39 bits per heavy atom. The fourth-order valence-electron chi connectivity index (χ4n) is 2.62. The molecule has 4 nitrogen and oxygen atoms in total. The first-order valence-electron chi connectivity index (χ1n) is 6.89. The van der Waals surface area contributed by atoms with Gasteiger partial charge < -0.3 is 4.57 Å². The summed E-state index contributed by atoms with van der Waals surface area (Å²) in [6.45, 7) is 0. The molecule has 1 aliphatic rings. The molecule has 0 radical (unpaired) electrons. The Kier molecular flexibility index (Phi) is 3.87. The van der Waals surface area contributed by atoms with Crippen molar-refractivity contribution in [1.29, 1.82) is 0 Å². The van der Waals surface area contributed by atoms with E-state index in [0.717, 1.165) is 6.08 Å². The quantitative estimate of drug-likeness (QED) is 0.829. The van der Waals surface area contributed by atoms with Crippen molar-refractivity contribution < 1.29 is 17.4 Å². The second-order valence-electron chi connectivity index (χ2n) is 5.32. The third-order valence-corrected chi connectivity index (χ3v) is 4.75. The fraction of sp³-hybridized carbons (Fsp3) is 0.333. The number of imidazole rings is 1. The summed E-state index contributed by atoms with van der Waals surface area (Å²) in [5, 5.41) is 0.911. The molecule has 0 saturated heterocycles. The van der Waals surface area contributed by atoms with Crippen molar-refractivity contribution in [3.63, 3.8) is 0 Å². The maximum Gasteiger partial charge on any atom is 0.395 e. The number of hydrogen-bond donors (Lipinski definition) is 0. The third kappa shape index (κ3) is 2.83. The van der Waals surface area contributed by atoms with E-state index >= 15 is 0 Å². The van der Waals surface area contributed by atoms with Gasteiger partial charge in [0.2, 0.25) is 0 Å². The molecule has 2 heterocycles. The second-order valence-corrected chi connectivity index (χ2v) is 6.67. The van der Waals surface area contributed by atoms with Crippen molar-refractivity contribution >= 4 is 23.0 Å². The topological polar surface area (TPSA) is 47.8 Å². The van der Waals surface area contributed by atoms with E-state index in [1.165, 1.54) is 12.3 Å². The highest BCUT2D eigenvalue weighted by Crippen LogP contribution is 2.31. The molecule has 0 aromatic carbocycles. The molecule has 1 aliphatic carbocycles. The van der Waals surface area contributed by atoms with E-state index in [1.807, 2.05) is 0 Å². The van der Waals surface area contributed by atoms with E-state index in [9.17, 15) is 17.4 Å². The summed E-state index contributed by atoms with van der Waals surface area (Å²) in [6, 6.07) is 3.35. The summed E-state index contributed by atoms with van der Waals surface area (Å²) >= 11 is 0. The van der Waals surface area contributed by atoms with Crippen LogP contribution in [0.15, 0.2) is 23.2 Å². The molecule has 0 bridgehead atoms. The smallest absolute Gasteiger partial charge is 0.326 e. The number of fused-ring (bicyclic) bond motifs is 1. The summed E-state index contributed by atoms with van der Waals surface area (Å²) in [6.07, 6.45) is 1.36. The van der Waals surface area contributed by atoms with E-state index in [0.29, 0.717) is 21.8 Å². The molecule has 8 heteroatoms. The number of pyridine rings is 1. The van der Waals surface area contributed by atoms with Crippen molar-refractivity contribution in [2.45, 2.75) is 17.5 Å². The van der Waals surface area contributed by atoms with Crippen LogP contribution < -0.4 is 10.7 Å². The van der Waals surface area contributed by atoms with Gasteiger partial charge in [-0.15, -0.1) is 0 Å². The largest absolute Gasteiger partial charge is 0.395 e. The zero-order valence-electron chi connectivity index (χ0n) is 12.5. The lowest BCUT2D eigenvalue weighted by Crippen LogP contribution is -2.36. The molecule has 2 aromatic rings. The van der Waals surface area contributed by atoms with Crippen LogP contribution in [0.1, 0.15) is 6.42 Å². The van der Waals surface area contributed by atoms with Gasteiger partial charge >= 0.3 is 6.18 Å². The third-order valence-electron chi connectivity index (χ3n) is 3.80. The van der Waals surface area contributed by atoms with E-state index in [-0.39, 0.29) is 11.8 Å². The number of nitrogens with zero attached hydrogens (tertiary/aromatic N) is 3. The number of alkyl halides is 3. The van der Waals surface area contributed by atoms with Gasteiger partial charge in [0, 0.05) is 19.5 Å². The van der Waals surface area contributed by atoms with Crippen LogP contribution in [-0.4, -0.2) is 31.2 Å². The number of hydrogen-bond acceptors (Lipinski definition) is 3. The monoisotopic (exact) mass is 341 g/mol. The van der Waals surface area contributed by atoms with Crippen LogP contribution in [0.3, 0.4) is 0 Å². The van der Waals surface area contributed by atoms with Gasteiger partial charge in [-0.2, -0.15) is 13.2 Å². The number of rotatable bonds is 2.